The van der Waals surface area contributed by atoms with E-state index in [9.17, 15) is 0 Å². The van der Waals surface area contributed by atoms with Gasteiger partial charge in [-0.15, -0.1) is 0 Å². The van der Waals surface area contributed by atoms with Gasteiger partial charge in [-0.1, -0.05) is 0 Å². The molecule has 2 atom stereocenters. The summed E-state index contributed by atoms with van der Waals surface area (Å²) in [6, 6.07) is 4.18. The van der Waals surface area contributed by atoms with Gasteiger partial charge in [0.1, 0.15) is 5.82 Å². The number of hydrogen-bond acceptors (Lipinski definition) is 4. The highest BCUT2D eigenvalue weighted by molar-refractivity contribution is 9.10. The summed E-state index contributed by atoms with van der Waals surface area (Å²) in [5.74, 6) is 1.92. The molecule has 2 aliphatic heterocycles. The second kappa shape index (κ2) is 7.28. The molecule has 0 amide bonds. The van der Waals surface area contributed by atoms with Gasteiger partial charge in [0, 0.05) is 43.4 Å². The molecule has 1 aromatic heterocycles. The van der Waals surface area contributed by atoms with Crippen molar-refractivity contribution in [2.24, 2.45) is 5.92 Å². The minimum atomic E-state index is 0.371. The number of anilines is 1. The average Bonchev–Trinajstić information content (AvgIpc) is 2.48. The summed E-state index contributed by atoms with van der Waals surface area (Å²) >= 11 is 3.45. The highest BCUT2D eigenvalue weighted by atomic mass is 79.9. The van der Waals surface area contributed by atoms with Gasteiger partial charge in [0.15, 0.2) is 0 Å². The van der Waals surface area contributed by atoms with E-state index in [-0.39, 0.29) is 0 Å². The van der Waals surface area contributed by atoms with E-state index in [0.29, 0.717) is 12.2 Å². The van der Waals surface area contributed by atoms with E-state index < -0.39 is 0 Å². The summed E-state index contributed by atoms with van der Waals surface area (Å²) in [6.07, 6.45) is 5.15. The Morgan fingerprint density at radius 3 is 2.45 bits per heavy atom. The topological polar surface area (TPSA) is 28.6 Å². The molecule has 2 fully saturated rings. The SMILES string of the molecule is CC1CN(CC2CCN(c3ccc(Br)cn3)CC2)CC(C)O1. The van der Waals surface area contributed by atoms with E-state index in [4.69, 9.17) is 4.74 Å². The third-order valence-electron chi connectivity index (χ3n) is 4.66. The number of hydrogen-bond donors (Lipinski definition) is 0. The molecule has 4 nitrogen and oxygen atoms in total. The Balaban J connectivity index is 1.48. The van der Waals surface area contributed by atoms with Crippen LogP contribution in [0.4, 0.5) is 5.82 Å². The molecule has 122 valence electrons. The average molecular weight is 368 g/mol. The van der Waals surface area contributed by atoms with Crippen LogP contribution in [0, 0.1) is 5.92 Å². The first-order chi connectivity index (χ1) is 10.6. The highest BCUT2D eigenvalue weighted by Gasteiger charge is 2.26. The van der Waals surface area contributed by atoms with E-state index in [1.54, 1.807) is 0 Å². The van der Waals surface area contributed by atoms with Crippen LogP contribution in [0.3, 0.4) is 0 Å². The Morgan fingerprint density at radius 1 is 1.18 bits per heavy atom. The molecule has 2 saturated heterocycles. The summed E-state index contributed by atoms with van der Waals surface area (Å²) in [5.41, 5.74) is 0. The standard InChI is InChI=1S/C17H26BrN3O/c1-13-10-20(11-14(2)22-13)12-15-5-7-21(8-6-15)17-4-3-16(18)9-19-17/h3-4,9,13-15H,5-8,10-12H2,1-2H3. The molecule has 22 heavy (non-hydrogen) atoms. The molecular weight excluding hydrogens is 342 g/mol. The van der Waals surface area contributed by atoms with Crippen molar-refractivity contribution < 1.29 is 4.74 Å². The van der Waals surface area contributed by atoms with Crippen molar-refractivity contribution in [3.63, 3.8) is 0 Å². The van der Waals surface area contributed by atoms with E-state index in [0.717, 1.165) is 42.4 Å². The molecule has 0 spiro atoms. The van der Waals surface area contributed by atoms with Crippen LogP contribution in [0.15, 0.2) is 22.8 Å². The minimum absolute atomic E-state index is 0.371. The number of nitrogens with zero attached hydrogens (tertiary/aromatic N) is 3. The molecule has 3 heterocycles. The summed E-state index contributed by atoms with van der Waals surface area (Å²) < 4.78 is 6.87. The van der Waals surface area contributed by atoms with Crippen molar-refractivity contribution in [2.45, 2.75) is 38.9 Å². The lowest BCUT2D eigenvalue weighted by atomic mass is 9.95. The Kier molecular flexibility index (Phi) is 5.37. The van der Waals surface area contributed by atoms with Crippen LogP contribution in [0.5, 0.6) is 0 Å². The summed E-state index contributed by atoms with van der Waals surface area (Å²) in [6.45, 7) is 10.00. The van der Waals surface area contributed by atoms with E-state index in [1.165, 1.54) is 19.4 Å². The number of pyridine rings is 1. The molecular formula is C17H26BrN3O. The number of piperidine rings is 1. The second-order valence-corrected chi connectivity index (χ2v) is 7.66. The number of rotatable bonds is 3. The van der Waals surface area contributed by atoms with Crippen molar-refractivity contribution in [1.82, 2.24) is 9.88 Å². The molecule has 0 aliphatic carbocycles. The van der Waals surface area contributed by atoms with Gasteiger partial charge < -0.3 is 9.64 Å². The van der Waals surface area contributed by atoms with E-state index >= 15 is 0 Å². The van der Waals surface area contributed by atoms with Gasteiger partial charge in [-0.2, -0.15) is 0 Å². The molecule has 2 unspecified atom stereocenters. The Hall–Kier alpha value is -0.650. The largest absolute Gasteiger partial charge is 0.373 e. The lowest BCUT2D eigenvalue weighted by Gasteiger charge is -2.39. The quantitative estimate of drug-likeness (QED) is 0.820. The van der Waals surface area contributed by atoms with Crippen LogP contribution in [-0.2, 0) is 4.74 Å². The Labute approximate surface area is 142 Å². The lowest BCUT2D eigenvalue weighted by molar-refractivity contribution is -0.0720. The number of halogens is 1. The highest BCUT2D eigenvalue weighted by Crippen LogP contribution is 2.24. The fourth-order valence-corrected chi connectivity index (χ4v) is 3.93. The van der Waals surface area contributed by atoms with Crippen LogP contribution in [0.2, 0.25) is 0 Å². The maximum absolute atomic E-state index is 5.83. The van der Waals surface area contributed by atoms with Crippen molar-refractivity contribution in [1.29, 1.82) is 0 Å². The minimum Gasteiger partial charge on any atom is -0.373 e. The Bertz CT molecular complexity index is 463. The third kappa shape index (κ3) is 4.21. The van der Waals surface area contributed by atoms with Crippen molar-refractivity contribution >= 4 is 21.7 Å². The van der Waals surface area contributed by atoms with Crippen LogP contribution in [-0.4, -0.2) is 54.8 Å². The van der Waals surface area contributed by atoms with Gasteiger partial charge in [0.05, 0.1) is 12.2 Å². The Morgan fingerprint density at radius 2 is 1.86 bits per heavy atom. The maximum atomic E-state index is 5.83. The van der Waals surface area contributed by atoms with Gasteiger partial charge in [-0.25, -0.2) is 4.98 Å². The third-order valence-corrected chi connectivity index (χ3v) is 5.13. The molecule has 2 aliphatic rings. The van der Waals surface area contributed by atoms with Crippen molar-refractivity contribution in [2.75, 3.05) is 37.6 Å². The summed E-state index contributed by atoms with van der Waals surface area (Å²) in [7, 11) is 0. The lowest BCUT2D eigenvalue weighted by Crippen LogP contribution is -2.48. The van der Waals surface area contributed by atoms with Gasteiger partial charge in [-0.3, -0.25) is 4.90 Å². The fourth-order valence-electron chi connectivity index (χ4n) is 3.70. The first-order valence-corrected chi connectivity index (χ1v) is 9.14. The number of ether oxygens (including phenoxy) is 1. The molecule has 3 rings (SSSR count). The van der Waals surface area contributed by atoms with E-state index in [2.05, 4.69) is 56.7 Å². The first-order valence-electron chi connectivity index (χ1n) is 8.34. The van der Waals surface area contributed by atoms with Crippen LogP contribution < -0.4 is 4.90 Å². The summed E-state index contributed by atoms with van der Waals surface area (Å²) in [5, 5.41) is 0. The normalized spacial score (nSPS) is 28.0. The zero-order valence-corrected chi connectivity index (χ0v) is 15.1. The summed E-state index contributed by atoms with van der Waals surface area (Å²) in [4.78, 5) is 9.52. The first kappa shape index (κ1) is 16.2. The van der Waals surface area contributed by atoms with E-state index in [1.807, 2.05) is 6.20 Å². The van der Waals surface area contributed by atoms with Gasteiger partial charge in [-0.05, 0) is 60.7 Å². The zero-order valence-electron chi connectivity index (χ0n) is 13.5. The second-order valence-electron chi connectivity index (χ2n) is 6.74. The predicted octanol–water partition coefficient (Wildman–Crippen LogP) is 3.17. The van der Waals surface area contributed by atoms with Crippen molar-refractivity contribution in [3.05, 3.63) is 22.8 Å². The number of morpholine rings is 1. The molecule has 0 radical (unpaired) electrons. The van der Waals surface area contributed by atoms with Crippen LogP contribution >= 0.6 is 15.9 Å². The predicted molar refractivity (Wildman–Crippen MR) is 93.3 cm³/mol. The molecule has 0 saturated carbocycles. The van der Waals surface area contributed by atoms with Gasteiger partial charge >= 0.3 is 0 Å². The van der Waals surface area contributed by atoms with Gasteiger partial charge in [0.2, 0.25) is 0 Å². The van der Waals surface area contributed by atoms with Gasteiger partial charge in [0.25, 0.3) is 0 Å². The zero-order chi connectivity index (χ0) is 15.5. The smallest absolute Gasteiger partial charge is 0.128 e. The van der Waals surface area contributed by atoms with Crippen molar-refractivity contribution in [3.8, 4) is 0 Å². The molecule has 0 bridgehead atoms. The molecule has 0 aromatic carbocycles. The van der Waals surface area contributed by atoms with Crippen LogP contribution in [0.1, 0.15) is 26.7 Å². The maximum Gasteiger partial charge on any atom is 0.128 e. The molecule has 1 aromatic rings. The number of aromatic nitrogens is 1. The molecule has 0 N–H and O–H groups in total. The monoisotopic (exact) mass is 367 g/mol. The van der Waals surface area contributed by atoms with Crippen LogP contribution in [0.25, 0.3) is 0 Å². The molecule has 5 heteroatoms. The fraction of sp³-hybridized carbons (Fsp3) is 0.706.